The molecular formula is C28H27N3O2S. The average molecular weight is 470 g/mol. The molecule has 2 aliphatic rings. The van der Waals surface area contributed by atoms with Crippen molar-refractivity contribution in [2.24, 2.45) is 0 Å². The molecule has 2 amide bonds. The van der Waals surface area contributed by atoms with Crippen molar-refractivity contribution in [2.75, 3.05) is 29.9 Å². The van der Waals surface area contributed by atoms with Crippen molar-refractivity contribution in [3.05, 3.63) is 94.4 Å². The van der Waals surface area contributed by atoms with Crippen molar-refractivity contribution in [1.82, 2.24) is 4.90 Å². The standard InChI is InChI=1S/C28H27N3O2S/c1-19-6-5-7-23(16-19)31-15-14-30(18-20(31)2)28(33)22-12-10-21(11-13-22)17-26-27(32)29-24-8-3-4-9-25(24)34-26/h3-13,16-17,20H,14-15,18H2,1-2H3,(H,29,32). The van der Waals surface area contributed by atoms with E-state index >= 15 is 0 Å². The lowest BCUT2D eigenvalue weighted by Gasteiger charge is -2.41. The second-order valence-electron chi connectivity index (χ2n) is 8.82. The van der Waals surface area contributed by atoms with Crippen LogP contribution in [-0.4, -0.2) is 42.4 Å². The van der Waals surface area contributed by atoms with Gasteiger partial charge in [-0.15, -0.1) is 0 Å². The highest BCUT2D eigenvalue weighted by Crippen LogP contribution is 2.38. The highest BCUT2D eigenvalue weighted by molar-refractivity contribution is 8.04. The maximum atomic E-state index is 13.2. The van der Waals surface area contributed by atoms with E-state index < -0.39 is 0 Å². The summed E-state index contributed by atoms with van der Waals surface area (Å²) in [6.45, 7) is 6.47. The Labute approximate surface area is 204 Å². The number of piperazine rings is 1. The van der Waals surface area contributed by atoms with Gasteiger partial charge in [-0.2, -0.15) is 0 Å². The topological polar surface area (TPSA) is 52.6 Å². The zero-order valence-corrected chi connectivity index (χ0v) is 20.1. The molecule has 1 fully saturated rings. The molecule has 3 aromatic rings. The molecule has 0 aliphatic carbocycles. The third-order valence-corrected chi connectivity index (χ3v) is 7.38. The van der Waals surface area contributed by atoms with Gasteiger partial charge in [0.2, 0.25) is 0 Å². The van der Waals surface area contributed by atoms with Crippen LogP contribution in [0.4, 0.5) is 11.4 Å². The molecule has 0 spiro atoms. The van der Waals surface area contributed by atoms with E-state index in [0.29, 0.717) is 23.6 Å². The number of benzene rings is 3. The molecule has 172 valence electrons. The Kier molecular flexibility index (Phi) is 6.16. The lowest BCUT2D eigenvalue weighted by molar-refractivity contribution is -0.112. The summed E-state index contributed by atoms with van der Waals surface area (Å²) in [4.78, 5) is 31.6. The second kappa shape index (κ2) is 9.39. The number of thioether (sulfide) groups is 1. The molecule has 0 bridgehead atoms. The minimum Gasteiger partial charge on any atom is -0.365 e. The molecule has 1 atom stereocenters. The van der Waals surface area contributed by atoms with Crippen LogP contribution in [0.3, 0.4) is 0 Å². The summed E-state index contributed by atoms with van der Waals surface area (Å²) < 4.78 is 0. The van der Waals surface area contributed by atoms with Gasteiger partial charge in [0.15, 0.2) is 0 Å². The number of rotatable bonds is 3. The number of carbonyl (C=O) groups excluding carboxylic acids is 2. The lowest BCUT2D eigenvalue weighted by atomic mass is 10.1. The van der Waals surface area contributed by atoms with Gasteiger partial charge < -0.3 is 15.1 Å². The van der Waals surface area contributed by atoms with Crippen molar-refractivity contribution >= 4 is 41.0 Å². The van der Waals surface area contributed by atoms with Crippen LogP contribution in [0.15, 0.2) is 82.6 Å². The third kappa shape index (κ3) is 4.59. The highest BCUT2D eigenvalue weighted by Gasteiger charge is 2.27. The predicted octanol–water partition coefficient (Wildman–Crippen LogP) is 5.43. The van der Waals surface area contributed by atoms with Gasteiger partial charge in [-0.3, -0.25) is 9.59 Å². The maximum Gasteiger partial charge on any atom is 0.262 e. The van der Waals surface area contributed by atoms with Crippen LogP contribution in [0.2, 0.25) is 0 Å². The Morgan fingerprint density at radius 3 is 2.59 bits per heavy atom. The van der Waals surface area contributed by atoms with E-state index in [1.54, 1.807) is 0 Å². The number of fused-ring (bicyclic) bond motifs is 1. The van der Waals surface area contributed by atoms with Crippen LogP contribution in [0, 0.1) is 6.92 Å². The van der Waals surface area contributed by atoms with E-state index in [9.17, 15) is 9.59 Å². The number of aryl methyl sites for hydroxylation is 1. The van der Waals surface area contributed by atoms with Crippen LogP contribution in [0.25, 0.3) is 6.08 Å². The molecule has 1 unspecified atom stereocenters. The van der Waals surface area contributed by atoms with Gasteiger partial charge >= 0.3 is 0 Å². The number of carbonyl (C=O) groups is 2. The summed E-state index contributed by atoms with van der Waals surface area (Å²) in [7, 11) is 0. The van der Waals surface area contributed by atoms with E-state index in [0.717, 1.165) is 22.7 Å². The van der Waals surface area contributed by atoms with Gasteiger partial charge in [-0.25, -0.2) is 0 Å². The molecule has 2 aliphatic heterocycles. The number of amides is 2. The summed E-state index contributed by atoms with van der Waals surface area (Å²) in [5.41, 5.74) is 4.86. The van der Waals surface area contributed by atoms with Crippen molar-refractivity contribution in [3.8, 4) is 0 Å². The van der Waals surface area contributed by atoms with Crippen LogP contribution in [0.5, 0.6) is 0 Å². The van der Waals surface area contributed by atoms with Gasteiger partial charge in [0.05, 0.1) is 10.6 Å². The van der Waals surface area contributed by atoms with Crippen molar-refractivity contribution < 1.29 is 9.59 Å². The summed E-state index contributed by atoms with van der Waals surface area (Å²) in [5.74, 6) is -0.0574. The summed E-state index contributed by atoms with van der Waals surface area (Å²) in [6, 6.07) is 24.0. The Morgan fingerprint density at radius 1 is 1.03 bits per heavy atom. The Morgan fingerprint density at radius 2 is 1.82 bits per heavy atom. The fourth-order valence-electron chi connectivity index (χ4n) is 4.49. The zero-order valence-electron chi connectivity index (χ0n) is 19.3. The first kappa shape index (κ1) is 22.3. The number of anilines is 2. The first-order valence-corrected chi connectivity index (χ1v) is 12.3. The predicted molar refractivity (Wildman–Crippen MR) is 139 cm³/mol. The third-order valence-electron chi connectivity index (χ3n) is 6.28. The van der Waals surface area contributed by atoms with E-state index in [1.165, 1.54) is 23.0 Å². The number of nitrogens with one attached hydrogen (secondary N) is 1. The van der Waals surface area contributed by atoms with Gasteiger partial charge in [0.25, 0.3) is 11.8 Å². The van der Waals surface area contributed by atoms with Gasteiger partial charge in [0.1, 0.15) is 0 Å². The number of hydrogen-bond acceptors (Lipinski definition) is 4. The van der Waals surface area contributed by atoms with Crippen LogP contribution in [0.1, 0.15) is 28.4 Å². The van der Waals surface area contributed by atoms with Gasteiger partial charge in [-0.1, -0.05) is 48.2 Å². The molecule has 5 rings (SSSR count). The summed E-state index contributed by atoms with van der Waals surface area (Å²) >= 11 is 1.46. The molecule has 5 nitrogen and oxygen atoms in total. The fourth-order valence-corrected chi connectivity index (χ4v) is 5.44. The fraction of sp³-hybridized carbons (Fsp3) is 0.214. The normalized spacial score (nSPS) is 19.1. The van der Waals surface area contributed by atoms with Crippen LogP contribution < -0.4 is 10.2 Å². The Bertz CT molecular complexity index is 1270. The molecule has 3 aromatic carbocycles. The monoisotopic (exact) mass is 469 g/mol. The minimum atomic E-state index is -0.107. The molecule has 1 saturated heterocycles. The molecule has 34 heavy (non-hydrogen) atoms. The van der Waals surface area contributed by atoms with Gasteiger partial charge in [0, 0.05) is 41.8 Å². The molecular weight excluding hydrogens is 442 g/mol. The maximum absolute atomic E-state index is 13.2. The smallest absolute Gasteiger partial charge is 0.262 e. The van der Waals surface area contributed by atoms with E-state index in [4.69, 9.17) is 0 Å². The Balaban J connectivity index is 1.26. The molecule has 0 saturated carbocycles. The molecule has 6 heteroatoms. The van der Waals surface area contributed by atoms with Crippen LogP contribution in [-0.2, 0) is 4.79 Å². The SMILES string of the molecule is Cc1cccc(N2CCN(C(=O)c3ccc(C=C4Sc5ccccc5NC4=O)cc3)CC2C)c1. The summed E-state index contributed by atoms with van der Waals surface area (Å²) in [6.07, 6.45) is 1.87. The number of hydrogen-bond donors (Lipinski definition) is 1. The molecule has 2 heterocycles. The van der Waals surface area contributed by atoms with Crippen molar-refractivity contribution in [3.63, 3.8) is 0 Å². The lowest BCUT2D eigenvalue weighted by Crippen LogP contribution is -2.53. The molecule has 0 aromatic heterocycles. The minimum absolute atomic E-state index is 0.0497. The first-order chi connectivity index (χ1) is 16.5. The average Bonchev–Trinajstić information content (AvgIpc) is 2.84. The quantitative estimate of drug-likeness (QED) is 0.520. The number of para-hydroxylation sites is 1. The van der Waals surface area contributed by atoms with Crippen molar-refractivity contribution in [2.45, 2.75) is 24.8 Å². The summed E-state index contributed by atoms with van der Waals surface area (Å²) in [5, 5.41) is 2.93. The largest absolute Gasteiger partial charge is 0.365 e. The zero-order chi connectivity index (χ0) is 23.7. The van der Waals surface area contributed by atoms with E-state index in [2.05, 4.69) is 48.3 Å². The second-order valence-corrected chi connectivity index (χ2v) is 9.90. The first-order valence-electron chi connectivity index (χ1n) is 11.5. The Hall–Kier alpha value is -3.51. The van der Waals surface area contributed by atoms with Crippen LogP contribution >= 0.6 is 11.8 Å². The highest BCUT2D eigenvalue weighted by atomic mass is 32.2. The van der Waals surface area contributed by atoms with Crippen molar-refractivity contribution in [1.29, 1.82) is 0 Å². The molecule has 0 radical (unpaired) electrons. The number of nitrogens with zero attached hydrogens (tertiary/aromatic N) is 2. The van der Waals surface area contributed by atoms with E-state index in [-0.39, 0.29) is 17.9 Å². The van der Waals surface area contributed by atoms with Gasteiger partial charge in [-0.05, 0) is 67.4 Å². The molecule has 1 N–H and O–H groups in total. The van der Waals surface area contributed by atoms with E-state index in [1.807, 2.05) is 59.5 Å².